The second-order valence-electron chi connectivity index (χ2n) is 4.30. The van der Waals surface area contributed by atoms with Crippen molar-refractivity contribution in [3.8, 4) is 11.4 Å². The summed E-state index contributed by atoms with van der Waals surface area (Å²) in [6.07, 6.45) is 3.39. The number of carbonyl (C=O) groups is 1. The maximum absolute atomic E-state index is 11.8. The molecule has 0 saturated carbocycles. The minimum absolute atomic E-state index is 0.127. The Morgan fingerprint density at radius 2 is 2.10 bits per heavy atom. The zero-order valence-corrected chi connectivity index (χ0v) is 11.7. The van der Waals surface area contributed by atoms with Gasteiger partial charge in [-0.05, 0) is 32.4 Å². The van der Waals surface area contributed by atoms with Gasteiger partial charge in [-0.25, -0.2) is 14.8 Å². The van der Waals surface area contributed by atoms with E-state index in [-0.39, 0.29) is 18.0 Å². The summed E-state index contributed by atoms with van der Waals surface area (Å²) in [5.74, 6) is 0.107. The number of nitrogens with two attached hydrogens (primary N) is 1. The average Bonchev–Trinajstić information content (AvgIpc) is 2.38. The summed E-state index contributed by atoms with van der Waals surface area (Å²) < 4.78 is 4.95. The van der Waals surface area contributed by atoms with E-state index in [2.05, 4.69) is 15.0 Å². The molecule has 0 atom stereocenters. The summed E-state index contributed by atoms with van der Waals surface area (Å²) in [4.78, 5) is 24.4. The monoisotopic (exact) mass is 272 g/mol. The smallest absolute Gasteiger partial charge is 0.343 e. The van der Waals surface area contributed by atoms with Crippen molar-refractivity contribution in [1.82, 2.24) is 15.0 Å². The van der Waals surface area contributed by atoms with E-state index in [1.807, 2.05) is 13.0 Å². The van der Waals surface area contributed by atoms with Crippen LogP contribution in [0.1, 0.15) is 28.5 Å². The predicted octanol–water partition coefficient (Wildman–Crippen LogP) is 1.91. The standard InChI is InChI=1S/C14H16N4O2/c1-4-20-14(19)11-9(3)17-13(18-12(11)15)10-5-6-16-7-8(10)2/h5-7H,4H2,1-3H3,(H2,15,17,18). The summed E-state index contributed by atoms with van der Waals surface area (Å²) in [5.41, 5.74) is 8.38. The van der Waals surface area contributed by atoms with Crippen molar-refractivity contribution in [2.75, 3.05) is 12.3 Å². The SMILES string of the molecule is CCOC(=O)c1c(C)nc(-c2ccncc2C)nc1N. The van der Waals surface area contributed by atoms with Gasteiger partial charge in [0.2, 0.25) is 0 Å². The van der Waals surface area contributed by atoms with Crippen LogP contribution in [0.3, 0.4) is 0 Å². The van der Waals surface area contributed by atoms with Crippen molar-refractivity contribution < 1.29 is 9.53 Å². The van der Waals surface area contributed by atoms with E-state index < -0.39 is 5.97 Å². The third kappa shape index (κ3) is 2.59. The molecule has 2 aromatic rings. The van der Waals surface area contributed by atoms with E-state index in [9.17, 15) is 4.79 Å². The second kappa shape index (κ2) is 5.64. The summed E-state index contributed by atoms with van der Waals surface area (Å²) in [7, 11) is 0. The molecule has 0 aliphatic carbocycles. The number of nitrogens with zero attached hydrogens (tertiary/aromatic N) is 3. The van der Waals surface area contributed by atoms with Crippen LogP contribution < -0.4 is 5.73 Å². The Labute approximate surface area is 117 Å². The number of pyridine rings is 1. The van der Waals surface area contributed by atoms with Crippen LogP contribution in [0.5, 0.6) is 0 Å². The predicted molar refractivity (Wildman–Crippen MR) is 75.1 cm³/mol. The summed E-state index contributed by atoms with van der Waals surface area (Å²) in [6, 6.07) is 1.81. The molecular weight excluding hydrogens is 256 g/mol. The van der Waals surface area contributed by atoms with Crippen molar-refractivity contribution >= 4 is 11.8 Å². The molecule has 0 aromatic carbocycles. The molecule has 6 heteroatoms. The molecular formula is C14H16N4O2. The highest BCUT2D eigenvalue weighted by Crippen LogP contribution is 2.23. The number of anilines is 1. The molecule has 2 aromatic heterocycles. The quantitative estimate of drug-likeness (QED) is 0.858. The highest BCUT2D eigenvalue weighted by Gasteiger charge is 2.19. The van der Waals surface area contributed by atoms with Crippen molar-refractivity contribution in [3.63, 3.8) is 0 Å². The molecule has 0 aliphatic rings. The molecule has 0 saturated heterocycles. The van der Waals surface area contributed by atoms with Gasteiger partial charge < -0.3 is 10.5 Å². The van der Waals surface area contributed by atoms with Gasteiger partial charge in [0.1, 0.15) is 11.4 Å². The zero-order valence-electron chi connectivity index (χ0n) is 11.7. The van der Waals surface area contributed by atoms with Gasteiger partial charge in [0.15, 0.2) is 5.82 Å². The van der Waals surface area contributed by atoms with Gasteiger partial charge in [0.05, 0.1) is 12.3 Å². The molecule has 2 N–H and O–H groups in total. The first-order chi connectivity index (χ1) is 9.54. The fourth-order valence-corrected chi connectivity index (χ4v) is 1.90. The molecule has 0 unspecified atom stereocenters. The molecule has 0 spiro atoms. The molecule has 0 bridgehead atoms. The van der Waals surface area contributed by atoms with Crippen LogP contribution in [0.25, 0.3) is 11.4 Å². The van der Waals surface area contributed by atoms with Crippen molar-refractivity contribution in [2.24, 2.45) is 0 Å². The van der Waals surface area contributed by atoms with Crippen LogP contribution in [0.2, 0.25) is 0 Å². The molecule has 6 nitrogen and oxygen atoms in total. The highest BCUT2D eigenvalue weighted by atomic mass is 16.5. The van der Waals surface area contributed by atoms with E-state index in [0.717, 1.165) is 11.1 Å². The first kappa shape index (κ1) is 13.9. The van der Waals surface area contributed by atoms with E-state index in [4.69, 9.17) is 10.5 Å². The van der Waals surface area contributed by atoms with Crippen LogP contribution in [0.15, 0.2) is 18.5 Å². The minimum atomic E-state index is -0.500. The molecule has 20 heavy (non-hydrogen) atoms. The average molecular weight is 272 g/mol. The van der Waals surface area contributed by atoms with Gasteiger partial charge in [-0.1, -0.05) is 0 Å². The Kier molecular flexibility index (Phi) is 3.93. The third-order valence-corrected chi connectivity index (χ3v) is 2.86. The Balaban J connectivity index is 2.51. The number of aryl methyl sites for hydroxylation is 2. The van der Waals surface area contributed by atoms with E-state index in [0.29, 0.717) is 11.5 Å². The number of aromatic nitrogens is 3. The van der Waals surface area contributed by atoms with Crippen LogP contribution in [0.4, 0.5) is 5.82 Å². The molecule has 104 valence electrons. The first-order valence-electron chi connectivity index (χ1n) is 6.26. The van der Waals surface area contributed by atoms with Gasteiger partial charge in [-0.15, -0.1) is 0 Å². The third-order valence-electron chi connectivity index (χ3n) is 2.86. The van der Waals surface area contributed by atoms with E-state index in [1.54, 1.807) is 26.2 Å². The Hall–Kier alpha value is -2.50. The lowest BCUT2D eigenvalue weighted by Gasteiger charge is -2.10. The second-order valence-corrected chi connectivity index (χ2v) is 4.30. The lowest BCUT2D eigenvalue weighted by Crippen LogP contribution is -2.13. The largest absolute Gasteiger partial charge is 0.462 e. The van der Waals surface area contributed by atoms with Gasteiger partial charge in [-0.3, -0.25) is 4.98 Å². The number of hydrogen-bond acceptors (Lipinski definition) is 6. The van der Waals surface area contributed by atoms with Crippen LogP contribution in [-0.4, -0.2) is 27.5 Å². The number of rotatable bonds is 3. The lowest BCUT2D eigenvalue weighted by atomic mass is 10.1. The number of esters is 1. The zero-order chi connectivity index (χ0) is 14.7. The lowest BCUT2D eigenvalue weighted by molar-refractivity contribution is 0.0526. The topological polar surface area (TPSA) is 91.0 Å². The maximum Gasteiger partial charge on any atom is 0.343 e. The normalized spacial score (nSPS) is 10.3. The van der Waals surface area contributed by atoms with Crippen molar-refractivity contribution in [2.45, 2.75) is 20.8 Å². The molecule has 2 heterocycles. The van der Waals surface area contributed by atoms with Gasteiger partial charge in [-0.2, -0.15) is 0 Å². The van der Waals surface area contributed by atoms with Gasteiger partial charge in [0, 0.05) is 18.0 Å². The number of hydrogen-bond donors (Lipinski definition) is 1. The van der Waals surface area contributed by atoms with Gasteiger partial charge in [0.25, 0.3) is 0 Å². The number of nitrogen functional groups attached to an aromatic ring is 1. The first-order valence-corrected chi connectivity index (χ1v) is 6.26. The van der Waals surface area contributed by atoms with E-state index in [1.165, 1.54) is 0 Å². The molecule has 2 rings (SSSR count). The number of carbonyl (C=O) groups excluding carboxylic acids is 1. The summed E-state index contributed by atoms with van der Waals surface area (Å²) in [6.45, 7) is 5.64. The van der Waals surface area contributed by atoms with Crippen LogP contribution in [0, 0.1) is 13.8 Å². The fourth-order valence-electron chi connectivity index (χ4n) is 1.90. The minimum Gasteiger partial charge on any atom is -0.462 e. The Morgan fingerprint density at radius 3 is 2.70 bits per heavy atom. The van der Waals surface area contributed by atoms with Crippen molar-refractivity contribution in [3.05, 3.63) is 35.3 Å². The molecule has 0 amide bonds. The molecule has 0 fully saturated rings. The Morgan fingerprint density at radius 1 is 1.35 bits per heavy atom. The Bertz CT molecular complexity index is 632. The van der Waals surface area contributed by atoms with Crippen LogP contribution in [-0.2, 0) is 4.74 Å². The summed E-state index contributed by atoms with van der Waals surface area (Å²) >= 11 is 0. The maximum atomic E-state index is 11.8. The molecule has 0 radical (unpaired) electrons. The van der Waals surface area contributed by atoms with Crippen LogP contribution >= 0.6 is 0 Å². The number of ether oxygens (including phenoxy) is 1. The molecule has 0 aliphatic heterocycles. The van der Waals surface area contributed by atoms with Crippen molar-refractivity contribution in [1.29, 1.82) is 0 Å². The highest BCUT2D eigenvalue weighted by molar-refractivity contribution is 5.95. The fraction of sp³-hybridized carbons (Fsp3) is 0.286. The van der Waals surface area contributed by atoms with Gasteiger partial charge >= 0.3 is 5.97 Å². The van der Waals surface area contributed by atoms with E-state index >= 15 is 0 Å². The summed E-state index contributed by atoms with van der Waals surface area (Å²) in [5, 5.41) is 0.